The summed E-state index contributed by atoms with van der Waals surface area (Å²) in [5.41, 5.74) is -2.07. The van der Waals surface area contributed by atoms with E-state index >= 15 is 0 Å². The highest BCUT2D eigenvalue weighted by atomic mass is 19.4. The molecule has 0 spiro atoms. The molecule has 1 aliphatic rings. The van der Waals surface area contributed by atoms with Crippen molar-refractivity contribution in [3.63, 3.8) is 0 Å². The molecular formula is C18H18F5N7O. The molecule has 1 N–H and O–H groups in total. The SMILES string of the molecule is C[C@@H](N1CCn2nc(C(F)(F)F)nc2C1)[C@](O)(Cn1cncn1)c1ccc(F)cc1F. The molecule has 0 radical (unpaired) electrons. The Labute approximate surface area is 172 Å². The number of aliphatic hydroxyl groups is 1. The molecule has 0 saturated heterocycles. The van der Waals surface area contributed by atoms with Crippen molar-refractivity contribution >= 4 is 0 Å². The van der Waals surface area contributed by atoms with Gasteiger partial charge in [-0.25, -0.2) is 28.1 Å². The molecule has 4 rings (SSSR count). The average molecular weight is 443 g/mol. The van der Waals surface area contributed by atoms with E-state index < -0.39 is 35.3 Å². The molecule has 31 heavy (non-hydrogen) atoms. The normalized spacial score (nSPS) is 17.9. The van der Waals surface area contributed by atoms with Gasteiger partial charge in [-0.15, -0.1) is 5.10 Å². The van der Waals surface area contributed by atoms with Gasteiger partial charge < -0.3 is 5.11 Å². The van der Waals surface area contributed by atoms with Crippen molar-refractivity contribution in [2.45, 2.75) is 44.4 Å². The Morgan fingerprint density at radius 2 is 1.97 bits per heavy atom. The van der Waals surface area contributed by atoms with Gasteiger partial charge in [-0.05, 0) is 13.0 Å². The number of hydrogen-bond donors (Lipinski definition) is 1. The van der Waals surface area contributed by atoms with Gasteiger partial charge in [0.25, 0.3) is 5.82 Å². The van der Waals surface area contributed by atoms with E-state index in [1.165, 1.54) is 22.0 Å². The van der Waals surface area contributed by atoms with Gasteiger partial charge in [-0.2, -0.15) is 18.3 Å². The Morgan fingerprint density at radius 3 is 2.61 bits per heavy atom. The summed E-state index contributed by atoms with van der Waals surface area (Å²) < 4.78 is 69.4. The zero-order valence-electron chi connectivity index (χ0n) is 16.3. The molecule has 166 valence electrons. The van der Waals surface area contributed by atoms with Gasteiger partial charge in [0, 0.05) is 24.2 Å². The monoisotopic (exact) mass is 443 g/mol. The minimum atomic E-state index is -4.67. The van der Waals surface area contributed by atoms with Crippen molar-refractivity contribution in [1.29, 1.82) is 0 Å². The highest BCUT2D eigenvalue weighted by molar-refractivity contribution is 5.27. The summed E-state index contributed by atoms with van der Waals surface area (Å²) in [7, 11) is 0. The summed E-state index contributed by atoms with van der Waals surface area (Å²) in [6, 6.07) is 2.03. The predicted molar refractivity (Wildman–Crippen MR) is 95.2 cm³/mol. The van der Waals surface area contributed by atoms with Gasteiger partial charge in [0.2, 0.25) is 0 Å². The fourth-order valence-corrected chi connectivity index (χ4v) is 3.75. The summed E-state index contributed by atoms with van der Waals surface area (Å²) in [5, 5.41) is 19.0. The minimum Gasteiger partial charge on any atom is -0.381 e. The average Bonchev–Trinajstić information content (AvgIpc) is 3.35. The van der Waals surface area contributed by atoms with Crippen LogP contribution < -0.4 is 0 Å². The lowest BCUT2D eigenvalue weighted by Gasteiger charge is -2.42. The van der Waals surface area contributed by atoms with Crippen LogP contribution in [0.4, 0.5) is 22.0 Å². The maximum absolute atomic E-state index is 14.7. The number of aromatic nitrogens is 6. The van der Waals surface area contributed by atoms with Gasteiger partial charge in [0.15, 0.2) is 0 Å². The predicted octanol–water partition coefficient (Wildman–Crippen LogP) is 1.96. The Hall–Kier alpha value is -2.93. The Balaban J connectivity index is 1.68. The molecule has 13 heteroatoms. The van der Waals surface area contributed by atoms with Crippen LogP contribution in [0.5, 0.6) is 0 Å². The van der Waals surface area contributed by atoms with E-state index in [0.717, 1.165) is 12.1 Å². The number of fused-ring (bicyclic) bond motifs is 1. The topological polar surface area (TPSA) is 84.9 Å². The lowest BCUT2D eigenvalue weighted by molar-refractivity contribution is -0.145. The third kappa shape index (κ3) is 4.02. The maximum atomic E-state index is 14.7. The first-order chi connectivity index (χ1) is 14.6. The number of hydrogen-bond acceptors (Lipinski definition) is 6. The van der Waals surface area contributed by atoms with E-state index in [-0.39, 0.29) is 37.6 Å². The Kier molecular flexibility index (Phi) is 5.25. The van der Waals surface area contributed by atoms with Gasteiger partial charge >= 0.3 is 6.18 Å². The van der Waals surface area contributed by atoms with Crippen molar-refractivity contribution in [2.24, 2.45) is 0 Å². The molecule has 1 aliphatic heterocycles. The molecule has 0 unspecified atom stereocenters. The molecule has 2 aromatic heterocycles. The summed E-state index contributed by atoms with van der Waals surface area (Å²) in [5.74, 6) is -2.91. The second kappa shape index (κ2) is 7.64. The maximum Gasteiger partial charge on any atom is 0.453 e. The largest absolute Gasteiger partial charge is 0.453 e. The molecule has 0 saturated carbocycles. The number of alkyl halides is 3. The molecule has 0 aliphatic carbocycles. The highest BCUT2D eigenvalue weighted by Gasteiger charge is 2.44. The first kappa shape index (κ1) is 21.3. The number of benzene rings is 1. The third-order valence-corrected chi connectivity index (χ3v) is 5.45. The summed E-state index contributed by atoms with van der Waals surface area (Å²) >= 11 is 0. The number of halogens is 5. The first-order valence-corrected chi connectivity index (χ1v) is 9.33. The fourth-order valence-electron chi connectivity index (χ4n) is 3.75. The lowest BCUT2D eigenvalue weighted by Crippen LogP contribution is -2.53. The fraction of sp³-hybridized carbons (Fsp3) is 0.444. The van der Waals surface area contributed by atoms with Crippen LogP contribution in [0.25, 0.3) is 0 Å². The van der Waals surface area contributed by atoms with E-state index in [9.17, 15) is 27.1 Å². The van der Waals surface area contributed by atoms with E-state index in [1.54, 1.807) is 11.8 Å². The van der Waals surface area contributed by atoms with Crippen LogP contribution in [0.3, 0.4) is 0 Å². The molecule has 3 aromatic rings. The van der Waals surface area contributed by atoms with Gasteiger partial charge in [0.05, 0.1) is 19.6 Å². The van der Waals surface area contributed by atoms with Crippen LogP contribution in [0.2, 0.25) is 0 Å². The number of nitrogens with zero attached hydrogens (tertiary/aromatic N) is 7. The molecule has 3 heterocycles. The molecule has 1 aromatic carbocycles. The molecule has 0 amide bonds. The summed E-state index contributed by atoms with van der Waals surface area (Å²) in [6.07, 6.45) is -2.10. The third-order valence-electron chi connectivity index (χ3n) is 5.45. The molecule has 2 atom stereocenters. The second-order valence-corrected chi connectivity index (χ2v) is 7.36. The quantitative estimate of drug-likeness (QED) is 0.607. The van der Waals surface area contributed by atoms with Crippen molar-refractivity contribution in [2.75, 3.05) is 6.54 Å². The Morgan fingerprint density at radius 1 is 1.19 bits per heavy atom. The highest BCUT2D eigenvalue weighted by Crippen LogP contribution is 2.34. The Bertz CT molecular complexity index is 1070. The van der Waals surface area contributed by atoms with Gasteiger partial charge in [0.1, 0.15) is 35.7 Å². The minimum absolute atomic E-state index is 0.0489. The van der Waals surface area contributed by atoms with Crippen LogP contribution in [0, 0.1) is 11.6 Å². The lowest BCUT2D eigenvalue weighted by atomic mass is 9.85. The first-order valence-electron chi connectivity index (χ1n) is 9.33. The standard InChI is InChI=1S/C18H18F5N7O/c1-11(28-4-5-30-15(7-28)26-16(27-30)18(21,22)23)17(31,8-29-10-24-9-25-29)13-3-2-12(19)6-14(13)20/h2-3,6,9-11,31H,4-5,7-8H2,1H3/t11-,17-/m1/s1. The van der Waals surface area contributed by atoms with E-state index in [4.69, 9.17) is 0 Å². The van der Waals surface area contributed by atoms with E-state index in [0.29, 0.717) is 6.07 Å². The van der Waals surface area contributed by atoms with Crippen LogP contribution in [0.15, 0.2) is 30.9 Å². The molecular weight excluding hydrogens is 425 g/mol. The van der Waals surface area contributed by atoms with Crippen LogP contribution >= 0.6 is 0 Å². The van der Waals surface area contributed by atoms with Crippen molar-refractivity contribution < 1.29 is 27.1 Å². The zero-order chi connectivity index (χ0) is 22.4. The molecule has 0 fully saturated rings. The van der Waals surface area contributed by atoms with Crippen molar-refractivity contribution in [1.82, 2.24) is 34.4 Å². The second-order valence-electron chi connectivity index (χ2n) is 7.36. The van der Waals surface area contributed by atoms with Crippen LogP contribution in [-0.2, 0) is 31.4 Å². The number of rotatable bonds is 5. The van der Waals surface area contributed by atoms with Crippen molar-refractivity contribution in [3.8, 4) is 0 Å². The summed E-state index contributed by atoms with van der Waals surface area (Å²) in [6.45, 7) is 1.68. The smallest absolute Gasteiger partial charge is 0.381 e. The van der Waals surface area contributed by atoms with Crippen LogP contribution in [0.1, 0.15) is 24.1 Å². The summed E-state index contributed by atoms with van der Waals surface area (Å²) in [4.78, 5) is 9.05. The van der Waals surface area contributed by atoms with E-state index in [1.807, 2.05) is 0 Å². The van der Waals surface area contributed by atoms with Gasteiger partial charge in [-0.1, -0.05) is 6.07 Å². The molecule has 0 bridgehead atoms. The van der Waals surface area contributed by atoms with E-state index in [2.05, 4.69) is 20.2 Å². The molecule has 8 nitrogen and oxygen atoms in total. The van der Waals surface area contributed by atoms with Crippen molar-refractivity contribution in [3.05, 3.63) is 59.7 Å². The van der Waals surface area contributed by atoms with Crippen LogP contribution in [-0.4, -0.2) is 52.1 Å². The van der Waals surface area contributed by atoms with Gasteiger partial charge in [-0.3, -0.25) is 4.90 Å². The zero-order valence-corrected chi connectivity index (χ0v) is 16.3.